The molecule has 0 saturated carbocycles. The van der Waals surface area contributed by atoms with Crippen molar-refractivity contribution in [3.63, 3.8) is 0 Å². The number of likely N-dealkylation sites (tertiary alicyclic amines) is 1. The molecule has 0 aromatic carbocycles. The van der Waals surface area contributed by atoms with E-state index in [1.165, 1.54) is 0 Å². The molecule has 1 fully saturated rings. The van der Waals surface area contributed by atoms with E-state index in [1.54, 1.807) is 11.9 Å². The van der Waals surface area contributed by atoms with Crippen LogP contribution in [0.2, 0.25) is 0 Å². The first kappa shape index (κ1) is 23.4. The Hall–Kier alpha value is -1.89. The third-order valence-electron chi connectivity index (χ3n) is 6.52. The minimum Gasteiger partial charge on any atom is -0.394 e. The van der Waals surface area contributed by atoms with Gasteiger partial charge >= 0.3 is 0 Å². The lowest BCUT2D eigenvalue weighted by atomic mass is 9.69. The van der Waals surface area contributed by atoms with E-state index in [9.17, 15) is 19.5 Å². The minimum atomic E-state index is -0.704. The van der Waals surface area contributed by atoms with E-state index in [0.717, 1.165) is 19.3 Å². The van der Waals surface area contributed by atoms with Gasteiger partial charge in [-0.05, 0) is 32.1 Å². The molecule has 0 radical (unpaired) electrons. The zero-order valence-corrected chi connectivity index (χ0v) is 18.4. The van der Waals surface area contributed by atoms with Crippen molar-refractivity contribution in [1.29, 1.82) is 0 Å². The molecule has 3 amide bonds. The first-order valence-electron chi connectivity index (χ1n) is 11.0. The van der Waals surface area contributed by atoms with Gasteiger partial charge in [0.25, 0.3) is 0 Å². The van der Waals surface area contributed by atoms with Crippen LogP contribution in [0.4, 0.5) is 0 Å². The summed E-state index contributed by atoms with van der Waals surface area (Å²) in [5.41, 5.74) is 0. The molecule has 1 aliphatic carbocycles. The predicted molar refractivity (Wildman–Crippen MR) is 112 cm³/mol. The highest BCUT2D eigenvalue weighted by molar-refractivity contribution is 5.97. The topological polar surface area (TPSA) is 98.7 Å². The monoisotopic (exact) mass is 407 g/mol. The van der Waals surface area contributed by atoms with E-state index in [0.29, 0.717) is 6.42 Å². The fourth-order valence-corrected chi connectivity index (χ4v) is 5.00. The Morgan fingerprint density at radius 3 is 2.41 bits per heavy atom. The SMILES string of the molecule is CCCC(C)NC(=O)[C@@H]1[C@H]2C=C[C@@H](CC)[C@@H](C(=O)NC)[C@@H]2C(=O)N1[C@@H](CC)CO. The molecule has 3 N–H and O–H groups in total. The van der Waals surface area contributed by atoms with Crippen molar-refractivity contribution < 1.29 is 19.5 Å². The third-order valence-corrected chi connectivity index (χ3v) is 6.52. The van der Waals surface area contributed by atoms with Gasteiger partial charge in [-0.2, -0.15) is 0 Å². The predicted octanol–water partition coefficient (Wildman–Crippen LogP) is 1.46. The molecule has 7 atom stereocenters. The van der Waals surface area contributed by atoms with E-state index in [1.807, 2.05) is 32.9 Å². The van der Waals surface area contributed by atoms with E-state index < -0.39 is 23.9 Å². The molecule has 1 unspecified atom stereocenters. The van der Waals surface area contributed by atoms with Crippen molar-refractivity contribution in [1.82, 2.24) is 15.5 Å². The Morgan fingerprint density at radius 2 is 1.90 bits per heavy atom. The molecule has 1 saturated heterocycles. The molecule has 1 aliphatic heterocycles. The minimum absolute atomic E-state index is 0.00315. The van der Waals surface area contributed by atoms with Crippen LogP contribution in [-0.2, 0) is 14.4 Å². The van der Waals surface area contributed by atoms with Gasteiger partial charge in [-0.25, -0.2) is 0 Å². The number of aliphatic hydroxyl groups excluding tert-OH is 1. The lowest BCUT2D eigenvalue weighted by molar-refractivity contribution is -0.143. The van der Waals surface area contributed by atoms with Gasteiger partial charge < -0.3 is 20.6 Å². The quantitative estimate of drug-likeness (QED) is 0.504. The molecule has 164 valence electrons. The highest BCUT2D eigenvalue weighted by Crippen LogP contribution is 2.45. The lowest BCUT2D eigenvalue weighted by Crippen LogP contribution is -2.53. The Morgan fingerprint density at radius 1 is 1.21 bits per heavy atom. The Balaban J connectivity index is 2.47. The van der Waals surface area contributed by atoms with Crippen LogP contribution in [0.25, 0.3) is 0 Å². The largest absolute Gasteiger partial charge is 0.394 e. The smallest absolute Gasteiger partial charge is 0.243 e. The van der Waals surface area contributed by atoms with E-state index in [2.05, 4.69) is 17.6 Å². The average molecular weight is 408 g/mol. The summed E-state index contributed by atoms with van der Waals surface area (Å²) < 4.78 is 0. The lowest BCUT2D eigenvalue weighted by Gasteiger charge is -2.34. The van der Waals surface area contributed by atoms with E-state index in [4.69, 9.17) is 0 Å². The summed E-state index contributed by atoms with van der Waals surface area (Å²) in [5.74, 6) is -2.06. The van der Waals surface area contributed by atoms with Crippen LogP contribution in [0.5, 0.6) is 0 Å². The second kappa shape index (κ2) is 10.2. The second-order valence-corrected chi connectivity index (χ2v) is 8.33. The molecule has 1 heterocycles. The molecule has 2 rings (SSSR count). The Labute approximate surface area is 174 Å². The zero-order valence-electron chi connectivity index (χ0n) is 18.4. The number of amides is 3. The number of aliphatic hydroxyl groups is 1. The summed E-state index contributed by atoms with van der Waals surface area (Å²) in [5, 5.41) is 15.6. The first-order chi connectivity index (χ1) is 13.9. The van der Waals surface area contributed by atoms with Gasteiger partial charge in [0, 0.05) is 19.0 Å². The highest BCUT2D eigenvalue weighted by atomic mass is 16.3. The van der Waals surface area contributed by atoms with Crippen LogP contribution in [0.3, 0.4) is 0 Å². The van der Waals surface area contributed by atoms with Gasteiger partial charge in [-0.1, -0.05) is 39.3 Å². The van der Waals surface area contributed by atoms with Crippen LogP contribution >= 0.6 is 0 Å². The molecular weight excluding hydrogens is 370 g/mol. The zero-order chi connectivity index (χ0) is 21.7. The van der Waals surface area contributed by atoms with E-state index >= 15 is 0 Å². The molecule has 7 heteroatoms. The molecule has 0 aromatic rings. The number of nitrogens with one attached hydrogen (secondary N) is 2. The van der Waals surface area contributed by atoms with Crippen molar-refractivity contribution in [3.8, 4) is 0 Å². The Bertz CT molecular complexity index is 632. The van der Waals surface area contributed by atoms with Crippen LogP contribution in [0, 0.1) is 23.7 Å². The number of hydrogen-bond acceptors (Lipinski definition) is 4. The summed E-state index contributed by atoms with van der Waals surface area (Å²) >= 11 is 0. The normalized spacial score (nSPS) is 30.6. The molecule has 7 nitrogen and oxygen atoms in total. The van der Waals surface area contributed by atoms with E-state index in [-0.39, 0.29) is 42.2 Å². The number of nitrogens with zero attached hydrogens (tertiary/aromatic N) is 1. The van der Waals surface area contributed by atoms with Crippen molar-refractivity contribution >= 4 is 17.7 Å². The number of fused-ring (bicyclic) bond motifs is 1. The van der Waals surface area contributed by atoms with Crippen LogP contribution in [0.1, 0.15) is 53.4 Å². The fourth-order valence-electron chi connectivity index (χ4n) is 5.00. The van der Waals surface area contributed by atoms with Crippen molar-refractivity contribution in [2.45, 2.75) is 71.5 Å². The van der Waals surface area contributed by atoms with Crippen LogP contribution < -0.4 is 10.6 Å². The summed E-state index contributed by atoms with van der Waals surface area (Å²) in [6.45, 7) is 7.71. The number of carbonyl (C=O) groups is 3. The third kappa shape index (κ3) is 4.49. The summed E-state index contributed by atoms with van der Waals surface area (Å²) in [6.07, 6.45) is 7.04. The summed E-state index contributed by atoms with van der Waals surface area (Å²) in [6, 6.07) is -1.14. The number of allylic oxidation sites excluding steroid dienone is 1. The highest BCUT2D eigenvalue weighted by Gasteiger charge is 2.58. The van der Waals surface area contributed by atoms with Crippen molar-refractivity contribution in [3.05, 3.63) is 12.2 Å². The van der Waals surface area contributed by atoms with Crippen molar-refractivity contribution in [2.24, 2.45) is 23.7 Å². The summed E-state index contributed by atoms with van der Waals surface area (Å²) in [4.78, 5) is 41.1. The number of carbonyl (C=O) groups excluding carboxylic acids is 3. The van der Waals surface area contributed by atoms with Gasteiger partial charge in [-0.3, -0.25) is 14.4 Å². The molecule has 0 bridgehead atoms. The maximum atomic E-state index is 13.5. The van der Waals surface area contributed by atoms with Gasteiger partial charge in [0.05, 0.1) is 24.5 Å². The molecule has 0 aromatic heterocycles. The van der Waals surface area contributed by atoms with Crippen molar-refractivity contribution in [2.75, 3.05) is 13.7 Å². The average Bonchev–Trinajstić information content (AvgIpc) is 3.00. The van der Waals surface area contributed by atoms with Crippen LogP contribution in [0.15, 0.2) is 12.2 Å². The maximum absolute atomic E-state index is 13.5. The number of rotatable bonds is 9. The molecular formula is C22H37N3O4. The Kier molecular flexibility index (Phi) is 8.25. The van der Waals surface area contributed by atoms with Gasteiger partial charge in [0.15, 0.2) is 0 Å². The molecule has 2 aliphatic rings. The molecule has 29 heavy (non-hydrogen) atoms. The van der Waals surface area contributed by atoms with Gasteiger partial charge in [0.2, 0.25) is 17.7 Å². The number of hydrogen-bond donors (Lipinski definition) is 3. The van der Waals surface area contributed by atoms with Gasteiger partial charge in [-0.15, -0.1) is 0 Å². The summed E-state index contributed by atoms with van der Waals surface area (Å²) in [7, 11) is 1.58. The first-order valence-corrected chi connectivity index (χ1v) is 11.0. The second-order valence-electron chi connectivity index (χ2n) is 8.33. The standard InChI is InChI=1S/C22H37N3O4/c1-6-9-13(4)24-21(28)19-16-11-10-14(7-2)17(20(27)23-5)18(16)22(29)25(19)15(8-3)12-26/h10-11,13-19,26H,6-9,12H2,1-5H3,(H,23,27)(H,24,28)/t13?,14-,15+,16+,17-,18-,19+/m1/s1. The van der Waals surface area contributed by atoms with Crippen LogP contribution in [-0.4, -0.2) is 59.5 Å². The molecule has 0 spiro atoms. The fraction of sp³-hybridized carbons (Fsp3) is 0.773. The maximum Gasteiger partial charge on any atom is 0.243 e. The van der Waals surface area contributed by atoms with Gasteiger partial charge in [0.1, 0.15) is 6.04 Å².